The summed E-state index contributed by atoms with van der Waals surface area (Å²) in [4.78, 5) is 22.0. The van der Waals surface area contributed by atoms with Gasteiger partial charge in [0.25, 0.3) is 0 Å². The molecule has 0 radical (unpaired) electrons. The van der Waals surface area contributed by atoms with E-state index < -0.39 is 15.1 Å². The minimum Gasteiger partial charge on any atom is -0.469 e. The molecule has 7 heteroatoms. The molecule has 1 saturated carbocycles. The second-order valence-electron chi connectivity index (χ2n) is 5.13. The number of carbonyl (C=O) groups excluding carboxylic acids is 1. The molecular formula is C14H17NO5S. The van der Waals surface area contributed by atoms with Crippen LogP contribution in [0.15, 0.2) is 34.3 Å². The van der Waals surface area contributed by atoms with Crippen LogP contribution < -0.4 is 0 Å². The van der Waals surface area contributed by atoms with Crippen LogP contribution >= 0.6 is 0 Å². The first kappa shape index (κ1) is 15.6. The highest BCUT2D eigenvalue weighted by Gasteiger charge is 2.34. The van der Waals surface area contributed by atoms with Gasteiger partial charge in [-0.05, 0) is 55.1 Å². The SMILES string of the molecule is COC(=O)C1CCC(S(=O)(=O)c2ccc(N=O)cc2)CC1. The summed E-state index contributed by atoms with van der Waals surface area (Å²) < 4.78 is 29.7. The summed E-state index contributed by atoms with van der Waals surface area (Å²) >= 11 is 0. The van der Waals surface area contributed by atoms with Gasteiger partial charge in [-0.1, -0.05) is 0 Å². The standard InChI is InChI=1S/C14H17NO5S/c1-20-14(16)10-2-6-12(7-3-10)21(18,19)13-8-4-11(15-17)5-9-13/h4-5,8-10,12H,2-3,6-7H2,1H3. The fourth-order valence-corrected chi connectivity index (χ4v) is 4.46. The van der Waals surface area contributed by atoms with E-state index in [-0.39, 0.29) is 22.5 Å². The van der Waals surface area contributed by atoms with Crippen LogP contribution in [0, 0.1) is 10.8 Å². The average molecular weight is 311 g/mol. The maximum Gasteiger partial charge on any atom is 0.308 e. The van der Waals surface area contributed by atoms with Crippen molar-refractivity contribution < 1.29 is 17.9 Å². The Labute approximate surface area is 123 Å². The monoisotopic (exact) mass is 311 g/mol. The Hall–Kier alpha value is -1.76. The third-order valence-corrected chi connectivity index (χ3v) is 6.20. The van der Waals surface area contributed by atoms with Crippen molar-refractivity contribution in [3.8, 4) is 0 Å². The van der Waals surface area contributed by atoms with Gasteiger partial charge in [0.1, 0.15) is 5.69 Å². The number of rotatable bonds is 4. The van der Waals surface area contributed by atoms with Crippen LogP contribution in [0.1, 0.15) is 25.7 Å². The van der Waals surface area contributed by atoms with E-state index in [0.29, 0.717) is 25.7 Å². The molecule has 114 valence electrons. The normalized spacial score (nSPS) is 22.5. The van der Waals surface area contributed by atoms with Crippen molar-refractivity contribution in [3.63, 3.8) is 0 Å². The zero-order valence-corrected chi connectivity index (χ0v) is 12.5. The van der Waals surface area contributed by atoms with Crippen molar-refractivity contribution in [2.24, 2.45) is 11.1 Å². The summed E-state index contributed by atoms with van der Waals surface area (Å²) in [6.45, 7) is 0. The largest absolute Gasteiger partial charge is 0.469 e. The number of hydrogen-bond donors (Lipinski definition) is 0. The smallest absolute Gasteiger partial charge is 0.308 e. The number of nitrogens with zero attached hydrogens (tertiary/aromatic N) is 1. The van der Waals surface area contributed by atoms with E-state index in [0.717, 1.165) is 0 Å². The summed E-state index contributed by atoms with van der Waals surface area (Å²) in [7, 11) is -2.10. The van der Waals surface area contributed by atoms with Crippen molar-refractivity contribution >= 4 is 21.5 Å². The highest BCUT2D eigenvalue weighted by atomic mass is 32.2. The first-order chi connectivity index (χ1) is 9.98. The predicted molar refractivity (Wildman–Crippen MR) is 76.8 cm³/mol. The van der Waals surface area contributed by atoms with E-state index in [9.17, 15) is 18.1 Å². The fourth-order valence-electron chi connectivity index (χ4n) is 2.66. The molecular weight excluding hydrogens is 294 g/mol. The van der Waals surface area contributed by atoms with Gasteiger partial charge < -0.3 is 4.74 Å². The van der Waals surface area contributed by atoms with Crippen molar-refractivity contribution in [3.05, 3.63) is 29.2 Å². The maximum absolute atomic E-state index is 12.5. The average Bonchev–Trinajstić information content (AvgIpc) is 2.54. The molecule has 1 fully saturated rings. The number of esters is 1. The van der Waals surface area contributed by atoms with Crippen LogP contribution in [-0.4, -0.2) is 26.7 Å². The number of sulfone groups is 1. The first-order valence-corrected chi connectivity index (χ1v) is 8.29. The molecule has 0 saturated heterocycles. The minimum atomic E-state index is -3.44. The minimum absolute atomic E-state index is 0.191. The van der Waals surface area contributed by atoms with Crippen molar-refractivity contribution in [2.75, 3.05) is 7.11 Å². The first-order valence-electron chi connectivity index (χ1n) is 6.74. The van der Waals surface area contributed by atoms with Crippen molar-refractivity contribution in [2.45, 2.75) is 35.8 Å². The third kappa shape index (κ3) is 3.29. The van der Waals surface area contributed by atoms with Crippen LogP contribution in [0.4, 0.5) is 5.69 Å². The molecule has 0 bridgehead atoms. The summed E-state index contributed by atoms with van der Waals surface area (Å²) in [5.41, 5.74) is 0.198. The summed E-state index contributed by atoms with van der Waals surface area (Å²) in [6, 6.07) is 5.58. The Morgan fingerprint density at radius 1 is 1.14 bits per heavy atom. The predicted octanol–water partition coefficient (Wildman–Crippen LogP) is 2.59. The lowest BCUT2D eigenvalue weighted by Gasteiger charge is -2.26. The number of benzene rings is 1. The van der Waals surface area contributed by atoms with Gasteiger partial charge in [-0.15, -0.1) is 4.91 Å². The molecule has 0 N–H and O–H groups in total. The molecule has 0 aromatic heterocycles. The highest BCUT2D eigenvalue weighted by molar-refractivity contribution is 7.92. The van der Waals surface area contributed by atoms with Crippen LogP contribution in [0.2, 0.25) is 0 Å². The van der Waals surface area contributed by atoms with Crippen molar-refractivity contribution in [1.29, 1.82) is 0 Å². The number of ether oxygens (including phenoxy) is 1. The van der Waals surface area contributed by atoms with Gasteiger partial charge in [-0.25, -0.2) is 8.42 Å². The number of methoxy groups -OCH3 is 1. The van der Waals surface area contributed by atoms with Crippen LogP contribution in [0.5, 0.6) is 0 Å². The van der Waals surface area contributed by atoms with Crippen LogP contribution in [-0.2, 0) is 19.4 Å². The molecule has 1 aromatic carbocycles. The lowest BCUT2D eigenvalue weighted by Crippen LogP contribution is -2.30. The molecule has 0 heterocycles. The molecule has 0 spiro atoms. The zero-order valence-electron chi connectivity index (χ0n) is 11.7. The van der Waals surface area contributed by atoms with Crippen LogP contribution in [0.3, 0.4) is 0 Å². The molecule has 6 nitrogen and oxygen atoms in total. The van der Waals surface area contributed by atoms with Gasteiger partial charge >= 0.3 is 5.97 Å². The molecule has 1 aliphatic rings. The summed E-state index contributed by atoms with van der Waals surface area (Å²) in [5, 5.41) is 2.26. The van der Waals surface area contributed by atoms with Gasteiger partial charge in [0.15, 0.2) is 9.84 Å². The highest BCUT2D eigenvalue weighted by Crippen LogP contribution is 2.32. The molecule has 21 heavy (non-hydrogen) atoms. The van der Waals surface area contributed by atoms with Gasteiger partial charge in [-0.3, -0.25) is 4.79 Å². The molecule has 0 unspecified atom stereocenters. The third-order valence-electron chi connectivity index (χ3n) is 3.92. The van der Waals surface area contributed by atoms with E-state index in [1.54, 1.807) is 0 Å². The Balaban J connectivity index is 2.10. The van der Waals surface area contributed by atoms with Gasteiger partial charge in [0, 0.05) is 0 Å². The molecule has 0 amide bonds. The second kappa shape index (κ2) is 6.34. The number of nitroso groups, excluding NO2 is 1. The van der Waals surface area contributed by atoms with E-state index >= 15 is 0 Å². The van der Waals surface area contributed by atoms with E-state index in [1.807, 2.05) is 0 Å². The molecule has 0 atom stereocenters. The van der Waals surface area contributed by atoms with E-state index in [2.05, 4.69) is 5.18 Å². The maximum atomic E-state index is 12.5. The summed E-state index contributed by atoms with van der Waals surface area (Å²) in [5.74, 6) is -0.477. The second-order valence-corrected chi connectivity index (χ2v) is 7.36. The molecule has 0 aliphatic heterocycles. The number of carbonyl (C=O) groups is 1. The van der Waals surface area contributed by atoms with Gasteiger partial charge in [-0.2, -0.15) is 0 Å². The van der Waals surface area contributed by atoms with Gasteiger partial charge in [0.05, 0.1) is 23.2 Å². The van der Waals surface area contributed by atoms with E-state index in [4.69, 9.17) is 4.74 Å². The Kier molecular flexibility index (Phi) is 4.72. The molecule has 2 rings (SSSR count). The Morgan fingerprint density at radius 2 is 1.71 bits per heavy atom. The lowest BCUT2D eigenvalue weighted by atomic mass is 9.89. The lowest BCUT2D eigenvalue weighted by molar-refractivity contribution is -0.146. The number of hydrogen-bond acceptors (Lipinski definition) is 6. The quantitative estimate of drug-likeness (QED) is 0.629. The van der Waals surface area contributed by atoms with Crippen LogP contribution in [0.25, 0.3) is 0 Å². The molecule has 1 aliphatic carbocycles. The summed E-state index contributed by atoms with van der Waals surface area (Å²) in [6.07, 6.45) is 1.92. The Morgan fingerprint density at radius 3 is 2.19 bits per heavy atom. The van der Waals surface area contributed by atoms with Crippen molar-refractivity contribution in [1.82, 2.24) is 0 Å². The van der Waals surface area contributed by atoms with Gasteiger partial charge in [0.2, 0.25) is 0 Å². The van der Waals surface area contributed by atoms with E-state index in [1.165, 1.54) is 31.4 Å². The molecule has 1 aromatic rings. The topological polar surface area (TPSA) is 89.9 Å². The fraction of sp³-hybridized carbons (Fsp3) is 0.500. The zero-order chi connectivity index (χ0) is 15.5. The Bertz CT molecular complexity index is 615.